The van der Waals surface area contributed by atoms with Crippen LogP contribution in [0.1, 0.15) is 18.4 Å². The van der Waals surface area contributed by atoms with Crippen LogP contribution in [0.4, 0.5) is 5.13 Å². The number of nitrogens with one attached hydrogen (secondary N) is 1. The zero-order valence-electron chi connectivity index (χ0n) is 15.5. The highest BCUT2D eigenvalue weighted by atomic mass is 32.2. The second kappa shape index (κ2) is 7.08. The van der Waals surface area contributed by atoms with Gasteiger partial charge in [-0.05, 0) is 42.7 Å². The fraction of sp³-hybridized carbons (Fsp3) is 0.300. The summed E-state index contributed by atoms with van der Waals surface area (Å²) in [5.41, 5.74) is 1.66. The molecule has 3 aromatic rings. The first kappa shape index (κ1) is 18.5. The number of nitrogens with zero attached hydrogens (tertiary/aromatic N) is 2. The summed E-state index contributed by atoms with van der Waals surface area (Å²) in [6.07, 6.45) is 1.72. The number of sulfonamides is 1. The number of para-hydroxylation sites is 1. The number of amides is 1. The fourth-order valence-corrected chi connectivity index (χ4v) is 6.24. The molecule has 1 saturated heterocycles. The van der Waals surface area contributed by atoms with Gasteiger partial charge in [0.15, 0.2) is 11.2 Å². The highest BCUT2D eigenvalue weighted by Crippen LogP contribution is 2.32. The molecule has 0 saturated carbocycles. The van der Waals surface area contributed by atoms with Crippen LogP contribution in [0, 0.1) is 0 Å². The minimum Gasteiger partial charge on any atom is -0.480 e. The lowest BCUT2D eigenvalue weighted by atomic mass is 10.1. The van der Waals surface area contributed by atoms with Gasteiger partial charge in [0.05, 0.1) is 15.1 Å². The van der Waals surface area contributed by atoms with Gasteiger partial charge in [-0.15, -0.1) is 0 Å². The van der Waals surface area contributed by atoms with Crippen molar-refractivity contribution in [1.82, 2.24) is 9.29 Å². The van der Waals surface area contributed by atoms with E-state index in [1.807, 2.05) is 24.3 Å². The Bertz CT molecular complexity index is 1170. The van der Waals surface area contributed by atoms with Crippen molar-refractivity contribution < 1.29 is 17.9 Å². The molecule has 1 N–H and O–H groups in total. The number of aromatic nitrogens is 1. The van der Waals surface area contributed by atoms with E-state index < -0.39 is 16.1 Å². The maximum atomic E-state index is 12.8. The van der Waals surface area contributed by atoms with E-state index in [2.05, 4.69) is 10.3 Å². The number of carbonyl (C=O) groups is 1. The summed E-state index contributed by atoms with van der Waals surface area (Å²) in [7, 11) is -3.48. The summed E-state index contributed by atoms with van der Waals surface area (Å²) in [5, 5.41) is 3.24. The predicted molar refractivity (Wildman–Crippen MR) is 111 cm³/mol. The Labute approximate surface area is 172 Å². The first-order valence-electron chi connectivity index (χ1n) is 9.47. The number of hydrogen-bond donors (Lipinski definition) is 1. The topological polar surface area (TPSA) is 88.6 Å². The third-order valence-electron chi connectivity index (χ3n) is 5.23. The number of fused-ring (bicyclic) bond motifs is 2. The largest absolute Gasteiger partial charge is 0.480 e. The van der Waals surface area contributed by atoms with Crippen LogP contribution in [0.2, 0.25) is 0 Å². The second-order valence-electron chi connectivity index (χ2n) is 7.17. The lowest BCUT2D eigenvalue weighted by molar-refractivity contribution is -0.122. The van der Waals surface area contributed by atoms with E-state index in [1.165, 1.54) is 15.6 Å². The molecular formula is C20H19N3O4S2. The summed E-state index contributed by atoms with van der Waals surface area (Å²) >= 11 is 1.26. The average molecular weight is 430 g/mol. The van der Waals surface area contributed by atoms with Crippen LogP contribution in [0.5, 0.6) is 5.75 Å². The Balaban J connectivity index is 1.35. The third kappa shape index (κ3) is 3.39. The first-order chi connectivity index (χ1) is 14.0. The van der Waals surface area contributed by atoms with Crippen molar-refractivity contribution in [3.05, 3.63) is 48.0 Å². The fourth-order valence-electron chi connectivity index (χ4n) is 3.71. The number of anilines is 1. The van der Waals surface area contributed by atoms with Gasteiger partial charge in [0.25, 0.3) is 5.91 Å². The smallest absolute Gasteiger partial charge is 0.267 e. The zero-order chi connectivity index (χ0) is 20.0. The van der Waals surface area contributed by atoms with Crippen molar-refractivity contribution in [3.8, 4) is 5.75 Å². The van der Waals surface area contributed by atoms with Crippen LogP contribution < -0.4 is 10.1 Å². The van der Waals surface area contributed by atoms with Gasteiger partial charge in [-0.1, -0.05) is 29.5 Å². The van der Waals surface area contributed by atoms with Crippen LogP contribution in [0.15, 0.2) is 47.4 Å². The molecule has 2 aliphatic rings. The van der Waals surface area contributed by atoms with Crippen LogP contribution in [-0.2, 0) is 21.2 Å². The van der Waals surface area contributed by atoms with Crippen molar-refractivity contribution in [1.29, 1.82) is 0 Å². The molecule has 2 aliphatic heterocycles. The van der Waals surface area contributed by atoms with E-state index in [4.69, 9.17) is 4.74 Å². The minimum atomic E-state index is -3.48. The van der Waals surface area contributed by atoms with Gasteiger partial charge in [-0.3, -0.25) is 10.1 Å². The van der Waals surface area contributed by atoms with Crippen molar-refractivity contribution in [2.24, 2.45) is 0 Å². The molecule has 0 bridgehead atoms. The Kier molecular flexibility index (Phi) is 4.53. The van der Waals surface area contributed by atoms with Gasteiger partial charge in [0.1, 0.15) is 5.75 Å². The number of thiazole rings is 1. The summed E-state index contributed by atoms with van der Waals surface area (Å²) in [6.45, 7) is 1.13. The van der Waals surface area contributed by atoms with E-state index in [9.17, 15) is 13.2 Å². The van der Waals surface area contributed by atoms with E-state index in [0.717, 1.165) is 28.9 Å². The normalized spacial score (nSPS) is 19.2. The Morgan fingerprint density at radius 1 is 1.17 bits per heavy atom. The summed E-state index contributed by atoms with van der Waals surface area (Å²) < 4.78 is 33.5. The standard InChI is InChI=1S/C20H19N3O4S2/c24-19(17-11-13-5-1-2-6-16(13)27-17)22-20-21-15-8-7-14(12-18(15)28-20)29(25,26)23-9-3-4-10-23/h1-2,5-8,12,17H,3-4,9-11H2,(H,21,22,24). The lowest BCUT2D eigenvalue weighted by Crippen LogP contribution is -2.31. The molecule has 7 nitrogen and oxygen atoms in total. The molecule has 1 atom stereocenters. The van der Waals surface area contributed by atoms with Crippen molar-refractivity contribution in [2.75, 3.05) is 18.4 Å². The quantitative estimate of drug-likeness (QED) is 0.689. The van der Waals surface area contributed by atoms with Gasteiger partial charge in [0, 0.05) is 19.5 Å². The van der Waals surface area contributed by atoms with Crippen LogP contribution in [0.25, 0.3) is 10.2 Å². The van der Waals surface area contributed by atoms with E-state index >= 15 is 0 Å². The molecule has 3 heterocycles. The van der Waals surface area contributed by atoms with Gasteiger partial charge in [-0.2, -0.15) is 4.31 Å². The predicted octanol–water partition coefficient (Wildman–Crippen LogP) is 3.02. The average Bonchev–Trinajstić information content (AvgIpc) is 3.45. The molecule has 0 aliphatic carbocycles. The molecule has 1 aromatic heterocycles. The molecule has 29 heavy (non-hydrogen) atoms. The van der Waals surface area contributed by atoms with Crippen molar-refractivity contribution in [2.45, 2.75) is 30.3 Å². The monoisotopic (exact) mass is 429 g/mol. The molecule has 1 amide bonds. The van der Waals surface area contributed by atoms with E-state index in [1.54, 1.807) is 18.2 Å². The van der Waals surface area contributed by atoms with E-state index in [-0.39, 0.29) is 10.8 Å². The van der Waals surface area contributed by atoms with Gasteiger partial charge < -0.3 is 4.74 Å². The molecule has 5 rings (SSSR count). The molecule has 2 aromatic carbocycles. The Hall–Kier alpha value is -2.49. The van der Waals surface area contributed by atoms with Gasteiger partial charge in [-0.25, -0.2) is 13.4 Å². The SMILES string of the molecule is O=C(Nc1nc2ccc(S(=O)(=O)N3CCCC3)cc2s1)C1Cc2ccccc2O1. The minimum absolute atomic E-state index is 0.259. The van der Waals surface area contributed by atoms with Crippen molar-refractivity contribution in [3.63, 3.8) is 0 Å². The molecule has 0 radical (unpaired) electrons. The molecule has 1 fully saturated rings. The first-order valence-corrected chi connectivity index (χ1v) is 11.7. The lowest BCUT2D eigenvalue weighted by Gasteiger charge is -2.15. The highest BCUT2D eigenvalue weighted by molar-refractivity contribution is 7.89. The summed E-state index contributed by atoms with van der Waals surface area (Å²) in [6, 6.07) is 12.5. The maximum Gasteiger partial charge on any atom is 0.267 e. The second-order valence-corrected chi connectivity index (χ2v) is 10.1. The summed E-state index contributed by atoms with van der Waals surface area (Å²) in [4.78, 5) is 17.3. The maximum absolute atomic E-state index is 12.8. The molecular weight excluding hydrogens is 410 g/mol. The summed E-state index contributed by atoms with van der Waals surface area (Å²) in [5.74, 6) is 0.471. The Morgan fingerprint density at radius 2 is 1.97 bits per heavy atom. The Morgan fingerprint density at radius 3 is 2.76 bits per heavy atom. The highest BCUT2D eigenvalue weighted by Gasteiger charge is 2.30. The number of ether oxygens (including phenoxy) is 1. The van der Waals surface area contributed by atoms with E-state index in [0.29, 0.717) is 30.2 Å². The molecule has 0 spiro atoms. The van der Waals surface area contributed by atoms with Crippen LogP contribution in [-0.4, -0.2) is 42.8 Å². The molecule has 9 heteroatoms. The number of hydrogen-bond acceptors (Lipinski definition) is 6. The molecule has 1 unspecified atom stereocenters. The van der Waals surface area contributed by atoms with Gasteiger partial charge in [0.2, 0.25) is 10.0 Å². The number of benzene rings is 2. The molecule has 150 valence electrons. The van der Waals surface area contributed by atoms with Crippen LogP contribution >= 0.6 is 11.3 Å². The number of rotatable bonds is 4. The van der Waals surface area contributed by atoms with Crippen LogP contribution in [0.3, 0.4) is 0 Å². The van der Waals surface area contributed by atoms with Crippen molar-refractivity contribution >= 4 is 42.6 Å². The third-order valence-corrected chi connectivity index (χ3v) is 8.06. The zero-order valence-corrected chi connectivity index (χ0v) is 17.1. The van der Waals surface area contributed by atoms with Gasteiger partial charge >= 0.3 is 0 Å². The number of carbonyl (C=O) groups excluding carboxylic acids is 1.